The van der Waals surface area contributed by atoms with Crippen LogP contribution in [0.25, 0.3) is 0 Å². The number of carbonyl (C=O) groups excluding carboxylic acids is 1. The lowest BCUT2D eigenvalue weighted by molar-refractivity contribution is 0.0946. The number of hydrogen-bond acceptors (Lipinski definition) is 6. The van der Waals surface area contributed by atoms with E-state index < -0.39 is 23.1 Å². The number of aliphatic hydroxyl groups is 1. The fourth-order valence-corrected chi connectivity index (χ4v) is 2.04. The number of carbonyl (C=O) groups is 1. The minimum atomic E-state index is -0.701. The van der Waals surface area contributed by atoms with Crippen molar-refractivity contribution in [3.8, 4) is 0 Å². The van der Waals surface area contributed by atoms with Gasteiger partial charge in [0, 0.05) is 20.1 Å². The molecule has 1 unspecified atom stereocenters. The van der Waals surface area contributed by atoms with Gasteiger partial charge in [-0.25, -0.2) is 4.79 Å². The summed E-state index contributed by atoms with van der Waals surface area (Å²) in [5, 5.41) is 11.5. The third-order valence-corrected chi connectivity index (χ3v) is 3.23. The minimum Gasteiger partial charge on any atom is -0.395 e. The van der Waals surface area contributed by atoms with Crippen LogP contribution in [0.1, 0.15) is 30.6 Å². The number of anilines is 1. The zero-order valence-electron chi connectivity index (χ0n) is 12.5. The van der Waals surface area contributed by atoms with Crippen molar-refractivity contribution in [3.05, 3.63) is 26.4 Å². The van der Waals surface area contributed by atoms with Crippen molar-refractivity contribution in [2.24, 2.45) is 7.05 Å². The van der Waals surface area contributed by atoms with Crippen LogP contribution >= 0.6 is 0 Å². The lowest BCUT2D eigenvalue weighted by Gasteiger charge is -2.16. The Labute approximate surface area is 122 Å². The highest BCUT2D eigenvalue weighted by molar-refractivity contribution is 6.03. The maximum Gasteiger partial charge on any atom is 0.332 e. The van der Waals surface area contributed by atoms with Gasteiger partial charge in [0.1, 0.15) is 11.4 Å². The van der Waals surface area contributed by atoms with Gasteiger partial charge in [0.2, 0.25) is 0 Å². The van der Waals surface area contributed by atoms with E-state index in [9.17, 15) is 14.4 Å². The van der Waals surface area contributed by atoms with Crippen LogP contribution < -0.4 is 22.3 Å². The molecule has 8 heteroatoms. The number of nitrogens with zero attached hydrogens (tertiary/aromatic N) is 2. The van der Waals surface area contributed by atoms with Gasteiger partial charge in [0.15, 0.2) is 5.78 Å². The highest BCUT2D eigenvalue weighted by Gasteiger charge is 2.24. The van der Waals surface area contributed by atoms with Crippen molar-refractivity contribution < 1.29 is 9.90 Å². The molecule has 0 saturated carbocycles. The number of nitrogens with two attached hydrogens (primary N) is 1. The van der Waals surface area contributed by atoms with E-state index in [2.05, 4.69) is 5.32 Å². The molecule has 0 amide bonds. The molecular formula is C13H22N4O4. The van der Waals surface area contributed by atoms with Crippen molar-refractivity contribution in [3.63, 3.8) is 0 Å². The third kappa shape index (κ3) is 3.40. The van der Waals surface area contributed by atoms with Crippen LogP contribution in [0.2, 0.25) is 0 Å². The summed E-state index contributed by atoms with van der Waals surface area (Å²) in [6, 6.07) is -0.681. The summed E-state index contributed by atoms with van der Waals surface area (Å²) in [6.45, 7) is 3.87. The van der Waals surface area contributed by atoms with Crippen molar-refractivity contribution in [2.45, 2.75) is 32.9 Å². The molecule has 0 aliphatic carbocycles. The second-order valence-corrected chi connectivity index (χ2v) is 4.82. The summed E-state index contributed by atoms with van der Waals surface area (Å²) in [6.07, 6.45) is 0.647. The molecule has 0 fully saturated rings. The molecule has 8 nitrogen and oxygen atoms in total. The Morgan fingerprint density at radius 1 is 1.43 bits per heavy atom. The maximum atomic E-state index is 12.4. The Morgan fingerprint density at radius 3 is 2.57 bits per heavy atom. The summed E-state index contributed by atoms with van der Waals surface area (Å²) in [5.41, 5.74) is 4.43. The van der Waals surface area contributed by atoms with E-state index in [1.165, 1.54) is 11.6 Å². The van der Waals surface area contributed by atoms with E-state index in [1.54, 1.807) is 6.92 Å². The molecule has 1 heterocycles. The van der Waals surface area contributed by atoms with E-state index >= 15 is 0 Å². The maximum absolute atomic E-state index is 12.4. The quantitative estimate of drug-likeness (QED) is 0.538. The smallest absolute Gasteiger partial charge is 0.332 e. The summed E-state index contributed by atoms with van der Waals surface area (Å²) in [4.78, 5) is 36.5. The molecule has 1 rings (SSSR count). The number of aliphatic hydroxyl groups excluding tert-OH is 1. The number of aromatic nitrogens is 2. The van der Waals surface area contributed by atoms with Gasteiger partial charge in [0.25, 0.3) is 5.56 Å². The number of hydrogen-bond donors (Lipinski definition) is 3. The highest BCUT2D eigenvalue weighted by Crippen LogP contribution is 2.08. The standard InChI is InChI=1S/C13H22N4O4/c1-4-6-17-11(14)9(12(20)16(3)13(17)21)10(19)8(2)15-5-7-18/h8,15,18H,4-7,14H2,1-3H3. The zero-order chi connectivity index (χ0) is 16.2. The molecule has 0 radical (unpaired) electrons. The Hall–Kier alpha value is -1.93. The molecule has 0 bridgehead atoms. The molecule has 1 atom stereocenters. The Kier molecular flexibility index (Phi) is 5.86. The fraction of sp³-hybridized carbons (Fsp3) is 0.615. The molecular weight excluding hydrogens is 276 g/mol. The van der Waals surface area contributed by atoms with Gasteiger partial charge in [-0.05, 0) is 13.3 Å². The average molecular weight is 298 g/mol. The fourth-order valence-electron chi connectivity index (χ4n) is 2.04. The van der Waals surface area contributed by atoms with E-state index in [1.807, 2.05) is 6.92 Å². The Bertz CT molecular complexity index is 632. The molecule has 0 aliphatic rings. The topological polar surface area (TPSA) is 119 Å². The van der Waals surface area contributed by atoms with Crippen molar-refractivity contribution in [1.82, 2.24) is 14.5 Å². The number of ketones is 1. The zero-order valence-corrected chi connectivity index (χ0v) is 12.5. The lowest BCUT2D eigenvalue weighted by Crippen LogP contribution is -2.46. The van der Waals surface area contributed by atoms with Crippen molar-refractivity contribution >= 4 is 11.6 Å². The number of nitrogen functional groups attached to an aromatic ring is 1. The molecule has 21 heavy (non-hydrogen) atoms. The van der Waals surface area contributed by atoms with Gasteiger partial charge in [-0.15, -0.1) is 0 Å². The van der Waals surface area contributed by atoms with Crippen LogP contribution in [-0.2, 0) is 13.6 Å². The Morgan fingerprint density at radius 2 is 2.05 bits per heavy atom. The first-order valence-corrected chi connectivity index (χ1v) is 6.84. The molecule has 1 aromatic heterocycles. The van der Waals surface area contributed by atoms with Crippen LogP contribution in [0, 0.1) is 0 Å². The molecule has 0 aromatic carbocycles. The normalized spacial score (nSPS) is 12.4. The SMILES string of the molecule is CCCn1c(N)c(C(=O)C(C)NCCO)c(=O)n(C)c1=O. The second-order valence-electron chi connectivity index (χ2n) is 4.82. The summed E-state index contributed by atoms with van der Waals surface area (Å²) in [7, 11) is 1.32. The summed E-state index contributed by atoms with van der Waals surface area (Å²) < 4.78 is 2.12. The number of Topliss-reactive ketones (excluding diaryl/α,β-unsaturated/α-hetero) is 1. The van der Waals surface area contributed by atoms with Crippen LogP contribution in [0.15, 0.2) is 9.59 Å². The monoisotopic (exact) mass is 298 g/mol. The molecule has 4 N–H and O–H groups in total. The number of nitrogens with one attached hydrogen (secondary N) is 1. The second kappa shape index (κ2) is 7.19. The highest BCUT2D eigenvalue weighted by atomic mass is 16.3. The van der Waals surface area contributed by atoms with Crippen LogP contribution in [-0.4, -0.2) is 39.2 Å². The summed E-state index contributed by atoms with van der Waals surface area (Å²) in [5.74, 6) is -0.598. The van der Waals surface area contributed by atoms with Crippen LogP contribution in [0.5, 0.6) is 0 Å². The largest absolute Gasteiger partial charge is 0.395 e. The van der Waals surface area contributed by atoms with E-state index in [4.69, 9.17) is 10.8 Å². The summed E-state index contributed by atoms with van der Waals surface area (Å²) >= 11 is 0. The molecule has 0 spiro atoms. The molecule has 118 valence electrons. The van der Waals surface area contributed by atoms with Crippen LogP contribution in [0.4, 0.5) is 5.82 Å². The average Bonchev–Trinajstić information content (AvgIpc) is 2.47. The first kappa shape index (κ1) is 17.1. The first-order valence-electron chi connectivity index (χ1n) is 6.84. The van der Waals surface area contributed by atoms with Gasteiger partial charge in [0.05, 0.1) is 12.6 Å². The van der Waals surface area contributed by atoms with E-state index in [0.717, 1.165) is 4.57 Å². The predicted molar refractivity (Wildman–Crippen MR) is 79.5 cm³/mol. The van der Waals surface area contributed by atoms with Gasteiger partial charge in [-0.2, -0.15) is 0 Å². The molecule has 0 aliphatic heterocycles. The van der Waals surface area contributed by atoms with E-state index in [0.29, 0.717) is 13.0 Å². The lowest BCUT2D eigenvalue weighted by atomic mass is 10.1. The predicted octanol–water partition coefficient (Wildman–Crippen LogP) is -1.31. The first-order chi connectivity index (χ1) is 9.86. The van der Waals surface area contributed by atoms with Gasteiger partial charge in [-0.1, -0.05) is 6.92 Å². The molecule has 0 saturated heterocycles. The minimum absolute atomic E-state index is 0.104. The molecule has 1 aromatic rings. The van der Waals surface area contributed by atoms with Crippen LogP contribution in [0.3, 0.4) is 0 Å². The van der Waals surface area contributed by atoms with Crippen molar-refractivity contribution in [2.75, 3.05) is 18.9 Å². The number of rotatable bonds is 7. The van der Waals surface area contributed by atoms with E-state index in [-0.39, 0.29) is 24.5 Å². The Balaban J connectivity index is 3.39. The van der Waals surface area contributed by atoms with Gasteiger partial charge < -0.3 is 16.2 Å². The third-order valence-electron chi connectivity index (χ3n) is 3.23. The van der Waals surface area contributed by atoms with Gasteiger partial charge >= 0.3 is 5.69 Å². The van der Waals surface area contributed by atoms with Crippen molar-refractivity contribution in [1.29, 1.82) is 0 Å². The van der Waals surface area contributed by atoms with Gasteiger partial charge in [-0.3, -0.25) is 18.7 Å².